The van der Waals surface area contributed by atoms with Gasteiger partial charge in [0.15, 0.2) is 0 Å². The molecule has 3 N–H and O–H groups in total. The Morgan fingerprint density at radius 3 is 3.08 bits per heavy atom. The second kappa shape index (κ2) is 3.47. The Kier molecular flexibility index (Phi) is 2.33. The largest absolute Gasteiger partial charge is 0.330 e. The predicted molar refractivity (Wildman–Crippen MR) is 56.6 cm³/mol. The molecule has 0 saturated carbocycles. The first kappa shape index (κ1) is 8.72. The van der Waals surface area contributed by atoms with Gasteiger partial charge in [-0.25, -0.2) is 0 Å². The molecule has 0 saturated heterocycles. The van der Waals surface area contributed by atoms with Crippen LogP contribution in [0.25, 0.3) is 10.9 Å². The number of H-pyrrole nitrogens is 1. The topological polar surface area (TPSA) is 54.7 Å². The molecule has 0 bridgehead atoms. The van der Waals surface area contributed by atoms with Crippen LogP contribution in [-0.2, 0) is 6.42 Å². The molecule has 0 radical (unpaired) electrons. The summed E-state index contributed by atoms with van der Waals surface area (Å²) in [6, 6.07) is 6.19. The Hall–Kier alpha value is -0.870. The highest BCUT2D eigenvalue weighted by atomic mass is 79.9. The number of hydrogen-bond acceptors (Lipinski definition) is 2. The van der Waals surface area contributed by atoms with Crippen molar-refractivity contribution in [3.8, 4) is 0 Å². The van der Waals surface area contributed by atoms with Crippen molar-refractivity contribution in [1.82, 2.24) is 10.2 Å². The van der Waals surface area contributed by atoms with E-state index in [1.807, 2.05) is 6.07 Å². The summed E-state index contributed by atoms with van der Waals surface area (Å²) in [4.78, 5) is 0. The van der Waals surface area contributed by atoms with Crippen LogP contribution < -0.4 is 5.73 Å². The molecule has 2 rings (SSSR count). The molecule has 3 nitrogen and oxygen atoms in total. The van der Waals surface area contributed by atoms with E-state index in [0.717, 1.165) is 21.9 Å². The number of hydrogen-bond donors (Lipinski definition) is 2. The Morgan fingerprint density at radius 1 is 1.46 bits per heavy atom. The highest BCUT2D eigenvalue weighted by Crippen LogP contribution is 2.21. The van der Waals surface area contributed by atoms with Crippen LogP contribution in [0.15, 0.2) is 22.8 Å². The summed E-state index contributed by atoms with van der Waals surface area (Å²) in [6.07, 6.45) is 0.903. The first-order chi connectivity index (χ1) is 6.31. The molecule has 13 heavy (non-hydrogen) atoms. The molecule has 1 heterocycles. The van der Waals surface area contributed by atoms with Crippen molar-refractivity contribution in [2.24, 2.45) is 5.73 Å². The lowest BCUT2D eigenvalue weighted by molar-refractivity contribution is 0.970. The fraction of sp³-hybridized carbons (Fsp3) is 0.222. The van der Waals surface area contributed by atoms with Gasteiger partial charge in [-0.3, -0.25) is 5.10 Å². The molecule has 2 aromatic rings. The summed E-state index contributed by atoms with van der Waals surface area (Å²) in [5.41, 5.74) is 7.69. The lowest BCUT2D eigenvalue weighted by Crippen LogP contribution is -2.02. The molecule has 1 aromatic heterocycles. The number of fused-ring (bicyclic) bond motifs is 1. The lowest BCUT2D eigenvalue weighted by Gasteiger charge is -1.97. The molecule has 0 aliphatic rings. The zero-order valence-electron chi connectivity index (χ0n) is 7.05. The third-order valence-corrected chi connectivity index (χ3v) is 2.61. The van der Waals surface area contributed by atoms with Crippen LogP contribution in [0.3, 0.4) is 0 Å². The monoisotopic (exact) mass is 239 g/mol. The SMILES string of the molecule is NCCc1ccc2c(Br)[nH]nc2c1. The molecule has 0 atom stereocenters. The van der Waals surface area contributed by atoms with Crippen LogP contribution in [0, 0.1) is 0 Å². The van der Waals surface area contributed by atoms with E-state index in [9.17, 15) is 0 Å². The van der Waals surface area contributed by atoms with Gasteiger partial charge in [0.25, 0.3) is 0 Å². The molecular formula is C9H10BrN3. The molecule has 0 spiro atoms. The number of nitrogens with two attached hydrogens (primary N) is 1. The summed E-state index contributed by atoms with van der Waals surface area (Å²) in [5.74, 6) is 0. The Bertz CT molecular complexity index is 422. The van der Waals surface area contributed by atoms with E-state index in [1.54, 1.807) is 0 Å². The highest BCUT2D eigenvalue weighted by molar-refractivity contribution is 9.10. The third kappa shape index (κ3) is 1.59. The Morgan fingerprint density at radius 2 is 2.31 bits per heavy atom. The Balaban J connectivity index is 2.50. The van der Waals surface area contributed by atoms with E-state index in [1.165, 1.54) is 5.56 Å². The van der Waals surface area contributed by atoms with Gasteiger partial charge in [-0.05, 0) is 46.6 Å². The van der Waals surface area contributed by atoms with Gasteiger partial charge < -0.3 is 5.73 Å². The number of aromatic amines is 1. The summed E-state index contributed by atoms with van der Waals surface area (Å²) < 4.78 is 0.932. The van der Waals surface area contributed by atoms with E-state index in [-0.39, 0.29) is 0 Å². The van der Waals surface area contributed by atoms with Crippen molar-refractivity contribution in [3.63, 3.8) is 0 Å². The summed E-state index contributed by atoms with van der Waals surface area (Å²) in [7, 11) is 0. The van der Waals surface area contributed by atoms with E-state index >= 15 is 0 Å². The number of benzene rings is 1. The maximum absolute atomic E-state index is 5.47. The fourth-order valence-corrected chi connectivity index (χ4v) is 1.77. The van der Waals surface area contributed by atoms with Gasteiger partial charge in [0.1, 0.15) is 4.60 Å². The molecule has 0 unspecified atom stereocenters. The van der Waals surface area contributed by atoms with Crippen molar-refractivity contribution >= 4 is 26.8 Å². The van der Waals surface area contributed by atoms with Gasteiger partial charge >= 0.3 is 0 Å². The highest BCUT2D eigenvalue weighted by Gasteiger charge is 2.02. The standard InChI is InChI=1S/C9H10BrN3/c10-9-7-2-1-6(3-4-11)5-8(7)12-13-9/h1-2,5H,3-4,11H2,(H,12,13). The maximum atomic E-state index is 5.47. The third-order valence-electron chi connectivity index (χ3n) is 2.01. The number of rotatable bonds is 2. The van der Waals surface area contributed by atoms with Crippen molar-refractivity contribution in [1.29, 1.82) is 0 Å². The number of halogens is 1. The minimum Gasteiger partial charge on any atom is -0.330 e. The molecule has 0 fully saturated rings. The van der Waals surface area contributed by atoms with Crippen LogP contribution in [-0.4, -0.2) is 16.7 Å². The zero-order chi connectivity index (χ0) is 9.26. The van der Waals surface area contributed by atoms with Crippen molar-refractivity contribution < 1.29 is 0 Å². The molecule has 0 aliphatic heterocycles. The predicted octanol–water partition coefficient (Wildman–Crippen LogP) is 1.83. The van der Waals surface area contributed by atoms with Crippen LogP contribution in [0.5, 0.6) is 0 Å². The molecular weight excluding hydrogens is 230 g/mol. The van der Waals surface area contributed by atoms with Crippen LogP contribution >= 0.6 is 15.9 Å². The lowest BCUT2D eigenvalue weighted by atomic mass is 10.1. The van der Waals surface area contributed by atoms with E-state index in [4.69, 9.17) is 5.73 Å². The first-order valence-corrected chi connectivity index (χ1v) is 4.93. The average molecular weight is 240 g/mol. The molecule has 0 amide bonds. The minimum absolute atomic E-state index is 0.678. The molecule has 4 heteroatoms. The van der Waals surface area contributed by atoms with E-state index < -0.39 is 0 Å². The van der Waals surface area contributed by atoms with Crippen LogP contribution in [0.4, 0.5) is 0 Å². The quantitative estimate of drug-likeness (QED) is 0.841. The summed E-state index contributed by atoms with van der Waals surface area (Å²) in [6.45, 7) is 0.678. The van der Waals surface area contributed by atoms with Crippen LogP contribution in [0.1, 0.15) is 5.56 Å². The van der Waals surface area contributed by atoms with Crippen molar-refractivity contribution in [2.75, 3.05) is 6.54 Å². The van der Waals surface area contributed by atoms with E-state index in [0.29, 0.717) is 6.54 Å². The second-order valence-corrected chi connectivity index (χ2v) is 3.72. The first-order valence-electron chi connectivity index (χ1n) is 4.14. The normalized spacial score (nSPS) is 10.9. The van der Waals surface area contributed by atoms with Crippen LogP contribution in [0.2, 0.25) is 0 Å². The smallest absolute Gasteiger partial charge is 0.108 e. The number of nitrogens with one attached hydrogen (secondary N) is 1. The Labute approximate surface area is 84.4 Å². The minimum atomic E-state index is 0.678. The number of nitrogens with zero attached hydrogens (tertiary/aromatic N) is 1. The summed E-state index contributed by atoms with van der Waals surface area (Å²) >= 11 is 3.39. The fourth-order valence-electron chi connectivity index (χ4n) is 1.35. The van der Waals surface area contributed by atoms with Gasteiger partial charge in [-0.15, -0.1) is 0 Å². The zero-order valence-corrected chi connectivity index (χ0v) is 8.63. The summed E-state index contributed by atoms with van der Waals surface area (Å²) in [5, 5.41) is 8.14. The second-order valence-electron chi connectivity index (χ2n) is 2.93. The average Bonchev–Trinajstić information content (AvgIpc) is 2.48. The van der Waals surface area contributed by atoms with Gasteiger partial charge in [0.2, 0.25) is 0 Å². The number of aromatic nitrogens is 2. The van der Waals surface area contributed by atoms with Gasteiger partial charge in [-0.2, -0.15) is 5.10 Å². The van der Waals surface area contributed by atoms with Crippen molar-refractivity contribution in [3.05, 3.63) is 28.4 Å². The van der Waals surface area contributed by atoms with Crippen molar-refractivity contribution in [2.45, 2.75) is 6.42 Å². The van der Waals surface area contributed by atoms with Gasteiger partial charge in [-0.1, -0.05) is 6.07 Å². The molecule has 1 aromatic carbocycles. The maximum Gasteiger partial charge on any atom is 0.108 e. The molecule has 0 aliphatic carbocycles. The van der Waals surface area contributed by atoms with Gasteiger partial charge in [0.05, 0.1) is 5.52 Å². The van der Waals surface area contributed by atoms with E-state index in [2.05, 4.69) is 38.3 Å². The van der Waals surface area contributed by atoms with Gasteiger partial charge in [0, 0.05) is 5.39 Å². The molecule has 68 valence electrons.